The Balaban J connectivity index is 0.800. The number of halogens is 1. The van der Waals surface area contributed by atoms with Crippen molar-refractivity contribution in [2.24, 2.45) is 10.4 Å². The number of anilines is 1. The van der Waals surface area contributed by atoms with E-state index in [1.807, 2.05) is 99.8 Å². The number of rotatable bonds is 13. The Morgan fingerprint density at radius 2 is 1.58 bits per heavy atom. The molecule has 6 heterocycles. The number of hydrogen-bond donors (Lipinski definition) is 4. The maximum atomic E-state index is 14.3. The molecule has 0 saturated carbocycles. The molecule has 3 aliphatic heterocycles. The number of likely N-dealkylation sites (tertiary alicyclic amines) is 1. The summed E-state index contributed by atoms with van der Waals surface area (Å²) in [5, 5.41) is 32.8. The second-order valence-corrected chi connectivity index (χ2v) is 23.1. The largest absolute Gasteiger partial charge is 0.391 e. The highest BCUT2D eigenvalue weighted by Crippen LogP contribution is 2.40. The van der Waals surface area contributed by atoms with Crippen molar-refractivity contribution in [3.05, 3.63) is 139 Å². The van der Waals surface area contributed by atoms with E-state index in [1.165, 1.54) is 20.2 Å². The summed E-state index contributed by atoms with van der Waals surface area (Å²) in [5.41, 5.74) is 8.14. The number of aryl methyl sites for hydroxylation is 3. The molecule has 4 amide bonds. The van der Waals surface area contributed by atoms with Crippen LogP contribution in [-0.2, 0) is 25.6 Å². The van der Waals surface area contributed by atoms with Crippen LogP contribution in [0.5, 0.6) is 0 Å². The van der Waals surface area contributed by atoms with Crippen LogP contribution in [0.4, 0.5) is 5.69 Å². The summed E-state index contributed by atoms with van der Waals surface area (Å²) < 4.78 is 2.05. The van der Waals surface area contributed by atoms with Gasteiger partial charge in [-0.05, 0) is 110 Å². The first-order valence-corrected chi connectivity index (χ1v) is 26.6. The van der Waals surface area contributed by atoms with Gasteiger partial charge in [0.1, 0.15) is 29.0 Å². The molecule has 14 nitrogen and oxygen atoms in total. The Kier molecular flexibility index (Phi) is 14.6. The van der Waals surface area contributed by atoms with Gasteiger partial charge in [0, 0.05) is 63.7 Å². The third-order valence-corrected chi connectivity index (χ3v) is 16.6. The summed E-state index contributed by atoms with van der Waals surface area (Å²) >= 11 is 9.65. The van der Waals surface area contributed by atoms with Gasteiger partial charge in [0.15, 0.2) is 5.82 Å². The zero-order valence-electron chi connectivity index (χ0n) is 42.0. The molecular formula is C55H62ClN9O5S2. The number of benzene rings is 3. The standard InChI is InChI=1S/C55H62ClN9O5S2/c1-30-22-24-71-49(30)38-13-11-36(12-14-38)32(3)57-52(69)44-26-42(66)29-64(44)53(70)50(55(6,7)8)60-45(67)25-35-9-19-41(20-10-35)63-23-21-40(28-63)58-46(68)27-43-51-62-61-34(5)65(51)54-47(31(2)33(4)72-54)48(59-43)37-15-17-39(56)18-16-37/h9-20,22,24,32,40,42-44,50,66H,21,23,25-29H2,1-8H3,(H,57,69)(H,58,68)(H,60,67)/t32?,40?,42-,43+,44+,50-/m1/s1. The van der Waals surface area contributed by atoms with Crippen LogP contribution in [0, 0.1) is 33.1 Å². The van der Waals surface area contributed by atoms with Crippen molar-refractivity contribution >= 4 is 69.3 Å². The van der Waals surface area contributed by atoms with Gasteiger partial charge in [0.25, 0.3) is 0 Å². The van der Waals surface area contributed by atoms with Gasteiger partial charge in [0.2, 0.25) is 23.6 Å². The third kappa shape index (κ3) is 10.6. The van der Waals surface area contributed by atoms with Crippen LogP contribution in [0.25, 0.3) is 15.4 Å². The van der Waals surface area contributed by atoms with Crippen LogP contribution in [0.15, 0.2) is 89.2 Å². The van der Waals surface area contributed by atoms with Crippen molar-refractivity contribution in [3.8, 4) is 15.4 Å². The van der Waals surface area contributed by atoms with E-state index in [4.69, 9.17) is 16.6 Å². The molecule has 3 aromatic carbocycles. The molecule has 6 atom stereocenters. The van der Waals surface area contributed by atoms with Crippen LogP contribution < -0.4 is 20.9 Å². The van der Waals surface area contributed by atoms with Crippen LogP contribution in [-0.4, -0.2) is 98.0 Å². The lowest BCUT2D eigenvalue weighted by atomic mass is 9.85. The quantitative estimate of drug-likeness (QED) is 0.0891. The van der Waals surface area contributed by atoms with Crippen LogP contribution in [0.2, 0.25) is 5.02 Å². The van der Waals surface area contributed by atoms with Crippen molar-refractivity contribution < 1.29 is 24.3 Å². The number of fused-ring (bicyclic) bond motifs is 3. The van der Waals surface area contributed by atoms with E-state index in [1.54, 1.807) is 22.7 Å². The number of aromatic nitrogens is 3. The summed E-state index contributed by atoms with van der Waals surface area (Å²) in [6, 6.07) is 22.8. The monoisotopic (exact) mass is 1030 g/mol. The van der Waals surface area contributed by atoms with E-state index >= 15 is 0 Å². The minimum atomic E-state index is -0.947. The maximum Gasteiger partial charge on any atom is 0.246 e. The molecule has 376 valence electrons. The molecule has 2 unspecified atom stereocenters. The van der Waals surface area contributed by atoms with Crippen LogP contribution in [0.1, 0.15) is 109 Å². The number of hydrogen-bond acceptors (Lipinski definition) is 11. The lowest BCUT2D eigenvalue weighted by Crippen LogP contribution is -2.58. The van der Waals surface area contributed by atoms with Crippen LogP contribution >= 0.6 is 34.3 Å². The first-order chi connectivity index (χ1) is 34.3. The molecule has 0 aliphatic carbocycles. The minimum absolute atomic E-state index is 0.00809. The van der Waals surface area contributed by atoms with Gasteiger partial charge >= 0.3 is 0 Å². The highest BCUT2D eigenvalue weighted by molar-refractivity contribution is 7.15. The van der Waals surface area contributed by atoms with Crippen molar-refractivity contribution in [1.82, 2.24) is 35.6 Å². The number of carbonyl (C=O) groups is 4. The van der Waals surface area contributed by atoms with E-state index in [9.17, 15) is 24.3 Å². The van der Waals surface area contributed by atoms with E-state index in [2.05, 4.69) is 75.4 Å². The molecule has 9 rings (SSSR count). The minimum Gasteiger partial charge on any atom is -0.391 e. The zero-order chi connectivity index (χ0) is 51.2. The molecule has 3 aliphatic rings. The number of aliphatic imine (C=N–C) groups is 1. The van der Waals surface area contributed by atoms with Crippen molar-refractivity contribution in [2.45, 2.75) is 117 Å². The SMILES string of the molecule is Cc1ccsc1-c1ccc(C(C)NC(=O)[C@@H]2C[C@@H](O)CN2C(=O)[C@@H](NC(=O)Cc2ccc(N3CCC(NC(=O)C[C@@H]4N=C(c5ccc(Cl)cc5)c5c(sc(C)c5C)-n5c(C)nnc54)C3)cc2)C(C)(C)C)cc1. The van der Waals surface area contributed by atoms with Gasteiger partial charge in [-0.2, -0.15) is 0 Å². The van der Waals surface area contributed by atoms with Gasteiger partial charge in [0.05, 0.1) is 30.7 Å². The third-order valence-electron chi connectivity index (χ3n) is 14.1. The molecule has 2 saturated heterocycles. The highest BCUT2D eigenvalue weighted by Gasteiger charge is 2.45. The van der Waals surface area contributed by atoms with Crippen molar-refractivity contribution in [2.75, 3.05) is 24.5 Å². The topological polar surface area (TPSA) is 174 Å². The van der Waals surface area contributed by atoms with Gasteiger partial charge < -0.3 is 30.9 Å². The Labute approximate surface area is 433 Å². The van der Waals surface area contributed by atoms with Crippen molar-refractivity contribution in [1.29, 1.82) is 0 Å². The fourth-order valence-corrected chi connectivity index (χ4v) is 12.3. The number of nitrogens with zero attached hydrogens (tertiary/aromatic N) is 6. The Bertz CT molecular complexity index is 3030. The molecular weight excluding hydrogens is 966 g/mol. The smallest absolute Gasteiger partial charge is 0.246 e. The first-order valence-electron chi connectivity index (χ1n) is 24.5. The first kappa shape index (κ1) is 50.7. The second kappa shape index (κ2) is 20.7. The average molecular weight is 1030 g/mol. The number of aliphatic hydroxyl groups excluding tert-OH is 1. The van der Waals surface area contributed by atoms with Crippen LogP contribution in [0.3, 0.4) is 0 Å². The number of amides is 4. The molecule has 4 N–H and O–H groups in total. The van der Waals surface area contributed by atoms with E-state index in [0.29, 0.717) is 17.4 Å². The normalized spacial score (nSPS) is 19.5. The molecule has 0 bridgehead atoms. The lowest BCUT2D eigenvalue weighted by Gasteiger charge is -2.35. The molecule has 72 heavy (non-hydrogen) atoms. The zero-order valence-corrected chi connectivity index (χ0v) is 44.3. The van der Waals surface area contributed by atoms with E-state index in [-0.39, 0.29) is 55.6 Å². The summed E-state index contributed by atoms with van der Waals surface area (Å²) in [6.07, 6.45) is 0.118. The van der Waals surface area contributed by atoms with E-state index in [0.717, 1.165) is 68.6 Å². The van der Waals surface area contributed by atoms with E-state index < -0.39 is 35.6 Å². The molecule has 6 aromatic rings. The molecule has 0 spiro atoms. The maximum absolute atomic E-state index is 14.3. The highest BCUT2D eigenvalue weighted by atomic mass is 35.5. The predicted molar refractivity (Wildman–Crippen MR) is 285 cm³/mol. The van der Waals surface area contributed by atoms with Crippen molar-refractivity contribution in [3.63, 3.8) is 0 Å². The summed E-state index contributed by atoms with van der Waals surface area (Å²) in [5.74, 6) is 0.144. The molecule has 0 radical (unpaired) electrons. The number of β-amino-alcohol motifs (C(OH)–C–C–N with tert-alkyl or cyclic N) is 1. The van der Waals surface area contributed by atoms with Gasteiger partial charge in [-0.1, -0.05) is 80.9 Å². The summed E-state index contributed by atoms with van der Waals surface area (Å²) in [4.78, 5) is 67.0. The fourth-order valence-electron chi connectivity index (χ4n) is 10.0. The second-order valence-electron chi connectivity index (χ2n) is 20.5. The fraction of sp³-hybridized carbons (Fsp3) is 0.400. The summed E-state index contributed by atoms with van der Waals surface area (Å²) in [6.45, 7) is 17.1. The molecule has 17 heteroatoms. The average Bonchev–Trinajstić information content (AvgIpc) is 4.19. The molecule has 3 aromatic heterocycles. The number of carbonyl (C=O) groups excluding carboxylic acids is 4. The predicted octanol–water partition coefficient (Wildman–Crippen LogP) is 8.53. The number of thiophene rings is 2. The van der Waals surface area contributed by atoms with Gasteiger partial charge in [-0.3, -0.25) is 28.7 Å². The molecule has 2 fully saturated rings. The Morgan fingerprint density at radius 3 is 2.26 bits per heavy atom. The van der Waals surface area contributed by atoms with Gasteiger partial charge in [-0.15, -0.1) is 32.9 Å². The number of nitrogens with one attached hydrogen (secondary N) is 3. The summed E-state index contributed by atoms with van der Waals surface area (Å²) in [7, 11) is 0. The number of aliphatic hydroxyl groups is 1. The Morgan fingerprint density at radius 1 is 0.875 bits per heavy atom. The Hall–Kier alpha value is -6.20. The van der Waals surface area contributed by atoms with Gasteiger partial charge in [-0.25, -0.2) is 0 Å². The lowest BCUT2D eigenvalue weighted by molar-refractivity contribution is -0.144.